The first-order valence-corrected chi connectivity index (χ1v) is 11.3. The van der Waals surface area contributed by atoms with Crippen LogP contribution in [-0.2, 0) is 13.1 Å². The molecule has 0 atom stereocenters. The number of halogens is 1. The van der Waals surface area contributed by atoms with Crippen LogP contribution in [-0.4, -0.2) is 46.5 Å². The second kappa shape index (κ2) is 8.85. The number of benzene rings is 2. The molecule has 1 amide bonds. The summed E-state index contributed by atoms with van der Waals surface area (Å²) in [6.45, 7) is 6.58. The molecule has 0 unspecified atom stereocenters. The molecule has 1 aliphatic heterocycles. The minimum Gasteiger partial charge on any atom is -0.460 e. The van der Waals surface area contributed by atoms with Gasteiger partial charge in [-0.3, -0.25) is 9.69 Å². The van der Waals surface area contributed by atoms with E-state index >= 15 is 0 Å². The summed E-state index contributed by atoms with van der Waals surface area (Å²) >= 11 is 6.20. The zero-order valence-corrected chi connectivity index (χ0v) is 18.9. The highest BCUT2D eigenvalue weighted by atomic mass is 35.5. The standard InChI is InChI=1S/C26H26ClN3O2/c1-19-14-23-25(32-19)16-24(30(23)18-21-8-5-9-22(27)15-21)26(31)29-12-10-28(11-13-29)17-20-6-3-2-4-7-20/h2-9,14-16H,10-13,17-18H2,1H3. The maximum Gasteiger partial charge on any atom is 0.270 e. The summed E-state index contributed by atoms with van der Waals surface area (Å²) in [5.41, 5.74) is 4.70. The van der Waals surface area contributed by atoms with Gasteiger partial charge < -0.3 is 13.9 Å². The monoisotopic (exact) mass is 447 g/mol. The van der Waals surface area contributed by atoms with Crippen LogP contribution in [0.1, 0.15) is 27.4 Å². The van der Waals surface area contributed by atoms with Gasteiger partial charge >= 0.3 is 0 Å². The third kappa shape index (κ3) is 4.31. The zero-order chi connectivity index (χ0) is 22.1. The predicted molar refractivity (Wildman–Crippen MR) is 127 cm³/mol. The lowest BCUT2D eigenvalue weighted by Gasteiger charge is -2.35. The summed E-state index contributed by atoms with van der Waals surface area (Å²) in [7, 11) is 0. The van der Waals surface area contributed by atoms with Crippen molar-refractivity contribution in [2.45, 2.75) is 20.0 Å². The van der Waals surface area contributed by atoms with Gasteiger partial charge in [-0.15, -0.1) is 0 Å². The molecule has 0 spiro atoms. The topological polar surface area (TPSA) is 41.6 Å². The maximum absolute atomic E-state index is 13.5. The molecule has 32 heavy (non-hydrogen) atoms. The van der Waals surface area contributed by atoms with Gasteiger partial charge in [-0.2, -0.15) is 0 Å². The molecule has 1 saturated heterocycles. The molecule has 3 heterocycles. The van der Waals surface area contributed by atoms with Crippen molar-refractivity contribution in [3.05, 3.63) is 94.3 Å². The number of carbonyl (C=O) groups excluding carboxylic acids is 1. The molecular weight excluding hydrogens is 422 g/mol. The van der Waals surface area contributed by atoms with Gasteiger partial charge in [-0.25, -0.2) is 0 Å². The third-order valence-corrected chi connectivity index (χ3v) is 6.31. The van der Waals surface area contributed by atoms with Crippen molar-refractivity contribution in [2.75, 3.05) is 26.2 Å². The van der Waals surface area contributed by atoms with Gasteiger partial charge in [0.25, 0.3) is 5.91 Å². The molecule has 1 aliphatic rings. The summed E-state index contributed by atoms with van der Waals surface area (Å²) in [6, 6.07) is 22.1. The first-order chi connectivity index (χ1) is 15.6. The minimum absolute atomic E-state index is 0.0513. The number of amides is 1. The molecule has 0 saturated carbocycles. The lowest BCUT2D eigenvalue weighted by atomic mass is 10.2. The van der Waals surface area contributed by atoms with Crippen molar-refractivity contribution in [1.29, 1.82) is 0 Å². The Morgan fingerprint density at radius 1 is 0.906 bits per heavy atom. The number of hydrogen-bond donors (Lipinski definition) is 0. The van der Waals surface area contributed by atoms with Gasteiger partial charge in [0.05, 0.1) is 5.52 Å². The fourth-order valence-corrected chi connectivity index (χ4v) is 4.66. The van der Waals surface area contributed by atoms with Crippen molar-refractivity contribution in [3.8, 4) is 0 Å². The van der Waals surface area contributed by atoms with Gasteiger partial charge in [0.1, 0.15) is 11.5 Å². The number of fused-ring (bicyclic) bond motifs is 1. The second-order valence-corrected chi connectivity index (χ2v) is 8.84. The van der Waals surface area contributed by atoms with Crippen LogP contribution in [0.4, 0.5) is 0 Å². The SMILES string of the molecule is Cc1cc2c(cc(C(=O)N3CCN(Cc4ccccc4)CC3)n2Cc2cccc(Cl)c2)o1. The highest BCUT2D eigenvalue weighted by Gasteiger charge is 2.26. The summed E-state index contributed by atoms with van der Waals surface area (Å²) < 4.78 is 7.90. The zero-order valence-electron chi connectivity index (χ0n) is 18.1. The first kappa shape index (κ1) is 20.9. The van der Waals surface area contributed by atoms with Crippen LogP contribution in [0.5, 0.6) is 0 Å². The van der Waals surface area contributed by atoms with Crippen LogP contribution in [0.2, 0.25) is 5.02 Å². The van der Waals surface area contributed by atoms with E-state index in [2.05, 4.69) is 33.7 Å². The summed E-state index contributed by atoms with van der Waals surface area (Å²) in [5, 5.41) is 0.691. The number of piperazine rings is 1. The average molecular weight is 448 g/mol. The van der Waals surface area contributed by atoms with Crippen LogP contribution in [0.15, 0.2) is 71.1 Å². The van der Waals surface area contributed by atoms with E-state index in [1.807, 2.05) is 54.3 Å². The van der Waals surface area contributed by atoms with Crippen LogP contribution in [0.3, 0.4) is 0 Å². The number of rotatable bonds is 5. The molecule has 2 aromatic heterocycles. The quantitative estimate of drug-likeness (QED) is 0.422. The van der Waals surface area contributed by atoms with Crippen molar-refractivity contribution in [1.82, 2.24) is 14.4 Å². The highest BCUT2D eigenvalue weighted by Crippen LogP contribution is 2.26. The minimum atomic E-state index is 0.0513. The molecule has 0 N–H and O–H groups in total. The predicted octanol–water partition coefficient (Wildman–Crippen LogP) is 5.20. The van der Waals surface area contributed by atoms with Crippen LogP contribution in [0.25, 0.3) is 11.1 Å². The maximum atomic E-state index is 13.5. The number of aryl methyl sites for hydroxylation is 1. The lowest BCUT2D eigenvalue weighted by molar-refractivity contribution is 0.0619. The Balaban J connectivity index is 1.35. The Bertz CT molecular complexity index is 1240. The van der Waals surface area contributed by atoms with E-state index in [0.29, 0.717) is 30.4 Å². The smallest absolute Gasteiger partial charge is 0.270 e. The number of nitrogens with zero attached hydrogens (tertiary/aromatic N) is 3. The fraction of sp³-hybridized carbons (Fsp3) is 0.269. The molecule has 0 aliphatic carbocycles. The Labute approximate surface area is 192 Å². The Hall–Kier alpha value is -3.02. The van der Waals surface area contributed by atoms with Crippen LogP contribution >= 0.6 is 11.6 Å². The number of carbonyl (C=O) groups is 1. The van der Waals surface area contributed by atoms with Crippen LogP contribution in [0, 0.1) is 6.92 Å². The Morgan fingerprint density at radius 2 is 1.66 bits per heavy atom. The molecule has 0 radical (unpaired) electrons. The van der Waals surface area contributed by atoms with Crippen molar-refractivity contribution in [3.63, 3.8) is 0 Å². The fourth-order valence-electron chi connectivity index (χ4n) is 4.44. The molecular formula is C26H26ClN3O2. The first-order valence-electron chi connectivity index (χ1n) is 11.0. The van der Waals surface area contributed by atoms with Crippen molar-refractivity contribution >= 4 is 28.6 Å². The summed E-state index contributed by atoms with van der Waals surface area (Å²) in [5.74, 6) is 0.888. The summed E-state index contributed by atoms with van der Waals surface area (Å²) in [6.07, 6.45) is 0. The number of furan rings is 1. The second-order valence-electron chi connectivity index (χ2n) is 8.41. The van der Waals surface area contributed by atoms with Gasteiger partial charge in [-0.1, -0.05) is 54.1 Å². The third-order valence-electron chi connectivity index (χ3n) is 6.07. The molecule has 5 rings (SSSR count). The van der Waals surface area contributed by atoms with E-state index < -0.39 is 0 Å². The van der Waals surface area contributed by atoms with E-state index in [0.717, 1.165) is 42.1 Å². The largest absolute Gasteiger partial charge is 0.460 e. The summed E-state index contributed by atoms with van der Waals surface area (Å²) in [4.78, 5) is 17.9. The molecule has 0 bridgehead atoms. The van der Waals surface area contributed by atoms with Gasteiger partial charge in [0.2, 0.25) is 0 Å². The number of hydrogen-bond acceptors (Lipinski definition) is 3. The highest BCUT2D eigenvalue weighted by molar-refractivity contribution is 6.30. The molecule has 164 valence electrons. The molecule has 4 aromatic rings. The van der Waals surface area contributed by atoms with Gasteiger partial charge in [0, 0.05) is 56.4 Å². The Morgan fingerprint density at radius 3 is 2.41 bits per heavy atom. The molecule has 1 fully saturated rings. The lowest BCUT2D eigenvalue weighted by Crippen LogP contribution is -2.48. The van der Waals surface area contributed by atoms with E-state index in [-0.39, 0.29) is 5.91 Å². The van der Waals surface area contributed by atoms with E-state index in [9.17, 15) is 4.79 Å². The van der Waals surface area contributed by atoms with Crippen molar-refractivity contribution in [2.24, 2.45) is 0 Å². The Kier molecular flexibility index (Phi) is 5.77. The molecule has 2 aromatic carbocycles. The van der Waals surface area contributed by atoms with Gasteiger partial charge in [-0.05, 0) is 30.2 Å². The average Bonchev–Trinajstić information content (AvgIpc) is 3.31. The van der Waals surface area contributed by atoms with E-state index in [4.69, 9.17) is 16.0 Å². The molecule has 5 nitrogen and oxygen atoms in total. The van der Waals surface area contributed by atoms with E-state index in [1.165, 1.54) is 5.56 Å². The van der Waals surface area contributed by atoms with Crippen molar-refractivity contribution < 1.29 is 9.21 Å². The molecule has 6 heteroatoms. The van der Waals surface area contributed by atoms with Gasteiger partial charge in [0.15, 0.2) is 5.58 Å². The van der Waals surface area contributed by atoms with E-state index in [1.54, 1.807) is 0 Å². The normalized spacial score (nSPS) is 14.9. The van der Waals surface area contributed by atoms with Crippen LogP contribution < -0.4 is 0 Å². The number of aromatic nitrogens is 1.